The molecule has 2 amide bonds. The predicted molar refractivity (Wildman–Crippen MR) is 129 cm³/mol. The standard InChI is InChI=1S/C26H27N3O5/c1-15-8-13-21(33-4)20(14-15)27-26(31)24-16(2)23-19(6-5-7-22(23)34-24)28-29-25(30)17-9-11-18(32-3)12-10-17/h8-14H,5-7H2,1-4H3,(H,27,31)(H,29,30)/b28-19+. The predicted octanol–water partition coefficient (Wildman–Crippen LogP) is 4.64. The average Bonchev–Trinajstić information content (AvgIpc) is 3.20. The summed E-state index contributed by atoms with van der Waals surface area (Å²) in [5, 5.41) is 7.26. The van der Waals surface area contributed by atoms with Gasteiger partial charge in [0.2, 0.25) is 0 Å². The first kappa shape index (κ1) is 23.1. The Morgan fingerprint density at radius 3 is 2.44 bits per heavy atom. The van der Waals surface area contributed by atoms with Crippen molar-refractivity contribution < 1.29 is 23.5 Å². The zero-order valence-corrected chi connectivity index (χ0v) is 19.7. The number of benzene rings is 2. The fourth-order valence-electron chi connectivity index (χ4n) is 4.02. The molecule has 4 rings (SSSR count). The van der Waals surface area contributed by atoms with Gasteiger partial charge in [-0.15, -0.1) is 0 Å². The van der Waals surface area contributed by atoms with Gasteiger partial charge in [0, 0.05) is 23.1 Å². The second-order valence-electron chi connectivity index (χ2n) is 8.09. The lowest BCUT2D eigenvalue weighted by atomic mass is 9.93. The van der Waals surface area contributed by atoms with Gasteiger partial charge < -0.3 is 19.2 Å². The fourth-order valence-corrected chi connectivity index (χ4v) is 4.02. The highest BCUT2D eigenvalue weighted by Gasteiger charge is 2.28. The quantitative estimate of drug-likeness (QED) is 0.521. The number of fused-ring (bicyclic) bond motifs is 1. The Bertz CT molecular complexity index is 1260. The number of amides is 2. The van der Waals surface area contributed by atoms with Crippen molar-refractivity contribution in [3.8, 4) is 11.5 Å². The Balaban J connectivity index is 1.56. The monoisotopic (exact) mass is 461 g/mol. The number of nitrogens with zero attached hydrogens (tertiary/aromatic N) is 1. The van der Waals surface area contributed by atoms with Crippen LogP contribution in [0, 0.1) is 13.8 Å². The number of carbonyl (C=O) groups excluding carboxylic acids is 2. The molecule has 0 fully saturated rings. The summed E-state index contributed by atoms with van der Waals surface area (Å²) in [6.07, 6.45) is 2.18. The summed E-state index contributed by atoms with van der Waals surface area (Å²) < 4.78 is 16.4. The molecule has 8 nitrogen and oxygen atoms in total. The number of hydrogen-bond acceptors (Lipinski definition) is 6. The molecule has 0 radical (unpaired) electrons. The molecule has 1 aliphatic rings. The van der Waals surface area contributed by atoms with Gasteiger partial charge in [-0.2, -0.15) is 5.10 Å². The smallest absolute Gasteiger partial charge is 0.291 e. The number of hydrazone groups is 1. The van der Waals surface area contributed by atoms with Crippen LogP contribution >= 0.6 is 0 Å². The van der Waals surface area contributed by atoms with Crippen LogP contribution < -0.4 is 20.2 Å². The molecule has 0 saturated heterocycles. The molecule has 8 heteroatoms. The third kappa shape index (κ3) is 4.66. The molecule has 34 heavy (non-hydrogen) atoms. The Kier molecular flexibility index (Phi) is 6.67. The summed E-state index contributed by atoms with van der Waals surface area (Å²) in [7, 11) is 3.13. The molecule has 0 unspecified atom stereocenters. The van der Waals surface area contributed by atoms with Crippen molar-refractivity contribution in [2.75, 3.05) is 19.5 Å². The molecule has 1 aromatic heterocycles. The van der Waals surface area contributed by atoms with Gasteiger partial charge in [-0.05, 0) is 68.7 Å². The van der Waals surface area contributed by atoms with E-state index in [9.17, 15) is 9.59 Å². The minimum Gasteiger partial charge on any atom is -0.497 e. The maximum Gasteiger partial charge on any atom is 0.291 e. The van der Waals surface area contributed by atoms with Crippen LogP contribution in [-0.2, 0) is 6.42 Å². The first-order valence-corrected chi connectivity index (χ1v) is 11.0. The third-order valence-electron chi connectivity index (χ3n) is 5.78. The summed E-state index contributed by atoms with van der Waals surface area (Å²) in [5.41, 5.74) is 6.82. The maximum atomic E-state index is 13.1. The van der Waals surface area contributed by atoms with E-state index >= 15 is 0 Å². The molecule has 0 atom stereocenters. The zero-order chi connectivity index (χ0) is 24.2. The molecule has 0 bridgehead atoms. The van der Waals surface area contributed by atoms with Crippen LogP contribution in [0.5, 0.6) is 11.5 Å². The van der Waals surface area contributed by atoms with E-state index in [4.69, 9.17) is 13.9 Å². The van der Waals surface area contributed by atoms with Crippen LogP contribution in [0.1, 0.15) is 56.2 Å². The Morgan fingerprint density at radius 1 is 0.971 bits per heavy atom. The Morgan fingerprint density at radius 2 is 1.74 bits per heavy atom. The van der Waals surface area contributed by atoms with Crippen molar-refractivity contribution in [2.24, 2.45) is 5.10 Å². The lowest BCUT2D eigenvalue weighted by molar-refractivity contribution is 0.0953. The van der Waals surface area contributed by atoms with E-state index < -0.39 is 0 Å². The van der Waals surface area contributed by atoms with Crippen LogP contribution in [0.4, 0.5) is 5.69 Å². The van der Waals surface area contributed by atoms with Gasteiger partial charge in [0.1, 0.15) is 17.3 Å². The van der Waals surface area contributed by atoms with Crippen molar-refractivity contribution in [3.63, 3.8) is 0 Å². The molecule has 0 spiro atoms. The van der Waals surface area contributed by atoms with Gasteiger partial charge in [0.05, 0.1) is 25.6 Å². The molecule has 176 valence electrons. The van der Waals surface area contributed by atoms with Crippen LogP contribution in [-0.4, -0.2) is 31.7 Å². The number of hydrogen-bond donors (Lipinski definition) is 2. The Hall–Kier alpha value is -4.07. The largest absolute Gasteiger partial charge is 0.497 e. The van der Waals surface area contributed by atoms with E-state index in [1.54, 1.807) is 44.6 Å². The van der Waals surface area contributed by atoms with Gasteiger partial charge in [-0.1, -0.05) is 6.07 Å². The normalized spacial score (nSPS) is 13.8. The van der Waals surface area contributed by atoms with Crippen molar-refractivity contribution in [1.82, 2.24) is 5.43 Å². The number of ether oxygens (including phenoxy) is 2. The molecule has 0 aliphatic heterocycles. The molecule has 3 aromatic rings. The summed E-state index contributed by atoms with van der Waals surface area (Å²) in [4.78, 5) is 25.6. The van der Waals surface area contributed by atoms with Gasteiger partial charge in [-0.3, -0.25) is 9.59 Å². The molecular weight excluding hydrogens is 434 g/mol. The third-order valence-corrected chi connectivity index (χ3v) is 5.78. The lowest BCUT2D eigenvalue weighted by Gasteiger charge is -2.13. The van der Waals surface area contributed by atoms with Crippen molar-refractivity contribution in [2.45, 2.75) is 33.1 Å². The minimum atomic E-state index is -0.364. The van der Waals surface area contributed by atoms with Crippen LogP contribution in [0.25, 0.3) is 0 Å². The number of nitrogens with one attached hydrogen (secondary N) is 2. The summed E-state index contributed by atoms with van der Waals surface area (Å²) in [6, 6.07) is 12.3. The first-order chi connectivity index (χ1) is 16.4. The molecule has 1 heterocycles. The van der Waals surface area contributed by atoms with Crippen molar-refractivity contribution in [3.05, 3.63) is 76.2 Å². The number of aryl methyl sites for hydroxylation is 2. The highest BCUT2D eigenvalue weighted by atomic mass is 16.5. The minimum absolute atomic E-state index is 0.227. The fraction of sp³-hybridized carbons (Fsp3) is 0.269. The van der Waals surface area contributed by atoms with E-state index in [0.29, 0.717) is 52.6 Å². The van der Waals surface area contributed by atoms with E-state index in [0.717, 1.165) is 17.5 Å². The number of rotatable bonds is 6. The number of anilines is 1. The molecule has 0 saturated carbocycles. The SMILES string of the molecule is COc1ccc(C(=O)N/N=C2\CCCc3oc(C(=O)Nc4cc(C)ccc4OC)c(C)c32)cc1. The number of carbonyl (C=O) groups is 2. The molecule has 1 aliphatic carbocycles. The van der Waals surface area contributed by atoms with Crippen LogP contribution in [0.15, 0.2) is 52.0 Å². The molecular formula is C26H27N3O5. The Labute approximate surface area is 197 Å². The summed E-state index contributed by atoms with van der Waals surface area (Å²) >= 11 is 0. The van der Waals surface area contributed by atoms with Crippen molar-refractivity contribution >= 4 is 23.2 Å². The van der Waals surface area contributed by atoms with E-state index in [1.807, 2.05) is 26.0 Å². The van der Waals surface area contributed by atoms with Gasteiger partial charge in [0.15, 0.2) is 5.76 Å². The van der Waals surface area contributed by atoms with Crippen LogP contribution in [0.2, 0.25) is 0 Å². The van der Waals surface area contributed by atoms with Gasteiger partial charge in [0.25, 0.3) is 11.8 Å². The van der Waals surface area contributed by atoms with Gasteiger partial charge in [-0.25, -0.2) is 5.43 Å². The molecule has 2 N–H and O–H groups in total. The van der Waals surface area contributed by atoms with Gasteiger partial charge >= 0.3 is 0 Å². The zero-order valence-electron chi connectivity index (χ0n) is 19.7. The first-order valence-electron chi connectivity index (χ1n) is 11.0. The van der Waals surface area contributed by atoms with E-state index in [2.05, 4.69) is 15.8 Å². The second kappa shape index (κ2) is 9.82. The van der Waals surface area contributed by atoms with E-state index in [1.165, 1.54) is 0 Å². The average molecular weight is 462 g/mol. The second-order valence-corrected chi connectivity index (χ2v) is 8.09. The van der Waals surface area contributed by atoms with Crippen molar-refractivity contribution in [1.29, 1.82) is 0 Å². The number of furan rings is 1. The maximum absolute atomic E-state index is 13.1. The highest BCUT2D eigenvalue weighted by Crippen LogP contribution is 2.31. The highest BCUT2D eigenvalue weighted by molar-refractivity contribution is 6.10. The summed E-state index contributed by atoms with van der Waals surface area (Å²) in [6.45, 7) is 3.77. The van der Waals surface area contributed by atoms with E-state index in [-0.39, 0.29) is 17.6 Å². The number of methoxy groups -OCH3 is 2. The molecule has 2 aromatic carbocycles. The lowest BCUT2D eigenvalue weighted by Crippen LogP contribution is -2.22. The van der Waals surface area contributed by atoms with Crippen LogP contribution in [0.3, 0.4) is 0 Å². The topological polar surface area (TPSA) is 102 Å². The summed E-state index contributed by atoms with van der Waals surface area (Å²) in [5.74, 6) is 1.47.